The third-order valence-electron chi connectivity index (χ3n) is 17.6. The SMILES string of the molecule is CCC(=S)NC[C@H]1CN(c2ccc(N3CCN(C(=O)CCC(=O)c4ccc(CN)cc4)CC3)c(F)c2)C(=O)O1.CCC(=S)NC[C@H]1CN(c2ccc(N3CCN(C(=O)CCC(=O)c4ccc(CNC(=O)OCC5c6ccccc6-c6ccccc65)cc4)CC3)c(F)c2)C(=O)O1. The normalized spacial score (nSPS) is 16.6. The van der Waals surface area contributed by atoms with Crippen molar-refractivity contribution < 1.29 is 56.6 Å². The summed E-state index contributed by atoms with van der Waals surface area (Å²) >= 11 is 10.3. The summed E-state index contributed by atoms with van der Waals surface area (Å²) in [4.78, 5) is 99.9. The van der Waals surface area contributed by atoms with Gasteiger partial charge in [-0.2, -0.15) is 0 Å². The fourth-order valence-corrected chi connectivity index (χ4v) is 12.3. The molecule has 0 spiro atoms. The Morgan fingerprint density at radius 1 is 0.547 bits per heavy atom. The van der Waals surface area contributed by atoms with E-state index < -0.39 is 36.0 Å². The van der Waals surface area contributed by atoms with E-state index in [-0.39, 0.29) is 80.8 Å². The Morgan fingerprint density at radius 2 is 0.968 bits per heavy atom. The van der Waals surface area contributed by atoms with Crippen LogP contribution in [0.15, 0.2) is 133 Å². The number of alkyl carbamates (subject to hydrolysis) is 1. The highest BCUT2D eigenvalue weighted by molar-refractivity contribution is 7.80. The fraction of sp³-hybridized carbons (Fsp3) is 0.366. The van der Waals surface area contributed by atoms with Crippen LogP contribution < -0.4 is 41.3 Å². The van der Waals surface area contributed by atoms with Crippen molar-refractivity contribution in [2.75, 3.05) is 105 Å². The van der Waals surface area contributed by atoms with Gasteiger partial charge in [-0.15, -0.1) is 0 Å². The number of carbonyl (C=O) groups excluding carboxylic acids is 7. The minimum Gasteiger partial charge on any atom is -0.449 e. The van der Waals surface area contributed by atoms with Crippen LogP contribution in [0.4, 0.5) is 45.9 Å². The van der Waals surface area contributed by atoms with Crippen LogP contribution >= 0.6 is 24.4 Å². The summed E-state index contributed by atoms with van der Waals surface area (Å²) in [6, 6.07) is 39.8. The van der Waals surface area contributed by atoms with Gasteiger partial charge in [0.15, 0.2) is 11.6 Å². The maximum Gasteiger partial charge on any atom is 0.414 e. The number of benzene rings is 6. The van der Waals surface area contributed by atoms with Crippen molar-refractivity contribution in [3.8, 4) is 11.1 Å². The molecule has 5 aliphatic rings. The molecule has 4 aliphatic heterocycles. The van der Waals surface area contributed by atoms with Gasteiger partial charge in [0.25, 0.3) is 0 Å². The van der Waals surface area contributed by atoms with E-state index in [0.717, 1.165) is 33.4 Å². The predicted octanol–water partition coefficient (Wildman–Crippen LogP) is 10.1. The van der Waals surface area contributed by atoms with Crippen molar-refractivity contribution >= 4 is 98.8 Å². The van der Waals surface area contributed by atoms with Gasteiger partial charge in [0.1, 0.15) is 30.4 Å². The first-order chi connectivity index (χ1) is 46.0. The van der Waals surface area contributed by atoms with E-state index in [4.69, 9.17) is 44.4 Å². The molecule has 20 nitrogen and oxygen atoms in total. The van der Waals surface area contributed by atoms with Crippen LogP contribution in [0.2, 0.25) is 0 Å². The average molecular weight is 1330 g/mol. The Hall–Kier alpha value is -9.39. The lowest BCUT2D eigenvalue weighted by molar-refractivity contribution is -0.132. The molecule has 4 saturated heterocycles. The van der Waals surface area contributed by atoms with E-state index in [0.29, 0.717) is 135 Å². The molecule has 0 radical (unpaired) electrons. The highest BCUT2D eigenvalue weighted by Crippen LogP contribution is 2.44. The van der Waals surface area contributed by atoms with E-state index in [1.165, 1.54) is 21.9 Å². The standard InChI is InChI=1S/C43H44FN5O6S.C28H34FN5O4S/c1-2-40(56)45-25-31-26-49(43(53)55-31)30-15-16-38(37(44)23-30)47-19-21-48(22-20-47)41(51)18-17-39(50)29-13-11-28(12-14-29)24-46-42(52)54-27-36-34-9-5-3-7-32(34)33-8-4-6-10-35(33)36;1-2-26(39)31-17-22-18-34(28(37)38-22)21-7-8-24(23(29)15-21)32-11-13-33(14-12-32)27(36)10-9-25(35)20-5-3-19(16-30)4-6-20/h3-16,23,31,36H,2,17-22,24-27H2,1H3,(H,45,56)(H,46,52);3-8,15,22H,2,9-14,16-18,30H2,1H3,(H,31,39)/t31-;22-/m00/s1. The van der Waals surface area contributed by atoms with Gasteiger partial charge in [-0.1, -0.05) is 135 Å². The first kappa shape index (κ1) is 68.5. The van der Waals surface area contributed by atoms with Gasteiger partial charge < -0.3 is 55.5 Å². The van der Waals surface area contributed by atoms with Gasteiger partial charge >= 0.3 is 18.3 Å². The lowest BCUT2D eigenvalue weighted by atomic mass is 9.98. The summed E-state index contributed by atoms with van der Waals surface area (Å²) in [7, 11) is 0. The number of cyclic esters (lactones) is 2. The number of amides is 5. The molecular formula is C71H78F2N10O10S2. The Morgan fingerprint density at radius 3 is 1.38 bits per heavy atom. The van der Waals surface area contributed by atoms with E-state index in [9.17, 15) is 33.6 Å². The summed E-state index contributed by atoms with van der Waals surface area (Å²) in [5.74, 6) is -1.39. The molecule has 4 heterocycles. The zero-order valence-corrected chi connectivity index (χ0v) is 54.8. The number of carbonyl (C=O) groups is 7. The van der Waals surface area contributed by atoms with Gasteiger partial charge in [0.05, 0.1) is 58.9 Å². The molecule has 4 fully saturated rings. The molecule has 0 unspecified atom stereocenters. The monoisotopic (exact) mass is 1330 g/mol. The quantitative estimate of drug-likeness (QED) is 0.0266. The van der Waals surface area contributed by atoms with Crippen LogP contribution in [0.5, 0.6) is 0 Å². The zero-order valence-electron chi connectivity index (χ0n) is 53.2. The van der Waals surface area contributed by atoms with E-state index in [1.807, 2.05) is 60.0 Å². The van der Waals surface area contributed by atoms with E-state index in [2.05, 4.69) is 40.2 Å². The number of hydrogen-bond acceptors (Lipinski definition) is 15. The Balaban J connectivity index is 0.000000221. The molecule has 6 aromatic rings. The second-order valence-corrected chi connectivity index (χ2v) is 24.7. The number of thiocarbonyl (C=S) groups is 2. The second kappa shape index (κ2) is 32.2. The van der Waals surface area contributed by atoms with Crippen molar-refractivity contribution in [3.63, 3.8) is 0 Å². The summed E-state index contributed by atoms with van der Waals surface area (Å²) < 4.78 is 46.8. The molecule has 1 aliphatic carbocycles. The maximum absolute atomic E-state index is 15.3. The highest BCUT2D eigenvalue weighted by atomic mass is 32.1. The summed E-state index contributed by atoms with van der Waals surface area (Å²) in [5.41, 5.74) is 14.7. The summed E-state index contributed by atoms with van der Waals surface area (Å²) in [6.07, 6.45) is -0.532. The highest BCUT2D eigenvalue weighted by Gasteiger charge is 2.36. The van der Waals surface area contributed by atoms with Crippen LogP contribution in [-0.2, 0) is 36.9 Å². The van der Waals surface area contributed by atoms with Crippen LogP contribution in [0.3, 0.4) is 0 Å². The maximum atomic E-state index is 15.3. The molecule has 498 valence electrons. The van der Waals surface area contributed by atoms with Crippen LogP contribution in [0.1, 0.15) is 101 Å². The van der Waals surface area contributed by atoms with E-state index >= 15 is 8.78 Å². The number of nitrogens with one attached hydrogen (secondary N) is 3. The second-order valence-electron chi connectivity index (χ2n) is 23.7. The molecule has 2 atom stereocenters. The Kier molecular flexibility index (Phi) is 23.2. The molecule has 5 N–H and O–H groups in total. The van der Waals surface area contributed by atoms with Crippen molar-refractivity contribution in [3.05, 3.63) is 178 Å². The van der Waals surface area contributed by atoms with Gasteiger partial charge in [-0.05, 0) is 82.6 Å². The number of Topliss-reactive ketones (excluding diaryl/α,β-unsaturated/α-hetero) is 2. The molecular weight excluding hydrogens is 1250 g/mol. The fourth-order valence-electron chi connectivity index (χ4n) is 12.1. The number of ketones is 2. The molecule has 6 aromatic carbocycles. The number of halogens is 2. The molecule has 0 saturated carbocycles. The number of fused-ring (bicyclic) bond motifs is 3. The average Bonchev–Trinajstić information content (AvgIpc) is 1.68. The van der Waals surface area contributed by atoms with Crippen LogP contribution in [0, 0.1) is 11.6 Å². The van der Waals surface area contributed by atoms with Gasteiger partial charge in [0.2, 0.25) is 11.8 Å². The summed E-state index contributed by atoms with van der Waals surface area (Å²) in [6.45, 7) is 9.61. The molecule has 0 aromatic heterocycles. The van der Waals surface area contributed by atoms with Gasteiger partial charge in [-0.25, -0.2) is 23.2 Å². The molecule has 5 amide bonds. The van der Waals surface area contributed by atoms with Crippen LogP contribution in [-0.4, -0.2) is 159 Å². The number of anilines is 4. The number of nitrogens with two attached hydrogens (primary N) is 1. The van der Waals surface area contributed by atoms with Crippen LogP contribution in [0.25, 0.3) is 11.1 Å². The Bertz CT molecular complexity index is 3760. The van der Waals surface area contributed by atoms with Gasteiger partial charge in [-0.3, -0.25) is 29.0 Å². The van der Waals surface area contributed by atoms with E-state index in [1.54, 1.807) is 70.5 Å². The minimum atomic E-state index is -0.533. The topological polar surface area (TPSA) is 229 Å². The Labute approximate surface area is 562 Å². The first-order valence-corrected chi connectivity index (χ1v) is 33.0. The lowest BCUT2D eigenvalue weighted by Crippen LogP contribution is -2.49. The molecule has 11 rings (SSSR count). The largest absolute Gasteiger partial charge is 0.449 e. The van der Waals surface area contributed by atoms with Crippen molar-refractivity contribution in [2.45, 2.75) is 83.6 Å². The number of piperazine rings is 2. The minimum absolute atomic E-state index is 0.0257. The van der Waals surface area contributed by atoms with Gasteiger partial charge in [0, 0.05) is 108 Å². The molecule has 95 heavy (non-hydrogen) atoms. The van der Waals surface area contributed by atoms with Crippen molar-refractivity contribution in [1.29, 1.82) is 0 Å². The number of ether oxygens (including phenoxy) is 3. The smallest absolute Gasteiger partial charge is 0.414 e. The summed E-state index contributed by atoms with van der Waals surface area (Å²) in [5, 5.41) is 8.93. The molecule has 0 bridgehead atoms. The predicted molar refractivity (Wildman–Crippen MR) is 367 cm³/mol. The third-order valence-corrected chi connectivity index (χ3v) is 18.4. The van der Waals surface area contributed by atoms with Crippen molar-refractivity contribution in [1.82, 2.24) is 25.8 Å². The number of hydrogen-bond donors (Lipinski definition) is 4. The number of nitrogens with zero attached hydrogens (tertiary/aromatic N) is 6. The first-order valence-electron chi connectivity index (χ1n) is 32.1. The van der Waals surface area contributed by atoms with Crippen molar-refractivity contribution in [2.24, 2.45) is 5.73 Å². The lowest BCUT2D eigenvalue weighted by Gasteiger charge is -2.36. The third kappa shape index (κ3) is 17.3. The zero-order chi connectivity index (χ0) is 67.1. The number of rotatable bonds is 23. The molecule has 24 heteroatoms.